The van der Waals surface area contributed by atoms with Crippen LogP contribution in [0.1, 0.15) is 153 Å². The highest BCUT2D eigenvalue weighted by molar-refractivity contribution is 6.09. The lowest BCUT2D eigenvalue weighted by Gasteiger charge is -2.48. The Labute approximate surface area is 428 Å². The van der Waals surface area contributed by atoms with Gasteiger partial charge in [-0.05, 0) is 152 Å². The number of ether oxygens (including phenoxy) is 1. The van der Waals surface area contributed by atoms with Crippen LogP contribution in [0.2, 0.25) is 0 Å². The molecule has 16 nitrogen and oxygen atoms in total. The van der Waals surface area contributed by atoms with E-state index in [0.717, 1.165) is 122 Å². The minimum atomic E-state index is -0.661. The Bertz CT molecular complexity index is 2750. The predicted octanol–water partition coefficient (Wildman–Crippen LogP) is 7.66. The van der Waals surface area contributed by atoms with E-state index in [2.05, 4.69) is 68.1 Å². The van der Waals surface area contributed by atoms with Crippen molar-refractivity contribution in [2.45, 2.75) is 171 Å². The van der Waals surface area contributed by atoms with Gasteiger partial charge in [0.25, 0.3) is 0 Å². The van der Waals surface area contributed by atoms with Gasteiger partial charge in [-0.3, -0.25) is 29.3 Å². The summed E-state index contributed by atoms with van der Waals surface area (Å²) in [5.41, 5.74) is 6.04. The quantitative estimate of drug-likeness (QED) is 0.133. The fourth-order valence-electron chi connectivity index (χ4n) is 13.5. The van der Waals surface area contributed by atoms with Crippen LogP contribution in [-0.2, 0) is 29.4 Å². The molecular formula is C57H72N10O6. The van der Waals surface area contributed by atoms with Gasteiger partial charge in [0.1, 0.15) is 11.6 Å². The summed E-state index contributed by atoms with van der Waals surface area (Å²) in [6, 6.07) is 13.7. The number of anilines is 2. The Morgan fingerprint density at radius 3 is 2.29 bits per heavy atom. The van der Waals surface area contributed by atoms with Crippen molar-refractivity contribution < 1.29 is 28.7 Å². The predicted molar refractivity (Wildman–Crippen MR) is 277 cm³/mol. The summed E-state index contributed by atoms with van der Waals surface area (Å²) in [6.07, 6.45) is 18.8. The number of piperidine rings is 4. The highest BCUT2D eigenvalue weighted by Gasteiger charge is 2.56. The molecule has 5 aliphatic heterocycles. The molecule has 7 fully saturated rings. The summed E-state index contributed by atoms with van der Waals surface area (Å²) in [5, 5.41) is 6.11. The van der Waals surface area contributed by atoms with Crippen LogP contribution < -0.4 is 20.3 Å². The summed E-state index contributed by atoms with van der Waals surface area (Å²) in [4.78, 5) is 90.3. The van der Waals surface area contributed by atoms with Crippen LogP contribution in [0.5, 0.6) is 5.88 Å². The molecule has 1 unspecified atom stereocenters. The van der Waals surface area contributed by atoms with Gasteiger partial charge in [-0.2, -0.15) is 0 Å². The molecule has 3 aliphatic carbocycles. The Morgan fingerprint density at radius 2 is 1.59 bits per heavy atom. The first-order valence-corrected chi connectivity index (χ1v) is 27.9. The largest absolute Gasteiger partial charge is 0.474 e. The lowest BCUT2D eigenvalue weighted by Crippen LogP contribution is -2.58. The summed E-state index contributed by atoms with van der Waals surface area (Å²) in [5.74, 6) is 1.26. The molecule has 4 saturated heterocycles. The van der Waals surface area contributed by atoms with Gasteiger partial charge >= 0.3 is 0 Å². The number of pyridine rings is 2. The molecule has 5 amide bonds. The molecule has 8 aliphatic rings. The summed E-state index contributed by atoms with van der Waals surface area (Å²) in [7, 11) is 0. The Hall–Kier alpha value is -5.90. The third-order valence-electron chi connectivity index (χ3n) is 18.2. The highest BCUT2D eigenvalue weighted by Crippen LogP contribution is 2.52. The fourth-order valence-corrected chi connectivity index (χ4v) is 13.5. The van der Waals surface area contributed by atoms with Crippen molar-refractivity contribution in [3.05, 3.63) is 60.0 Å². The number of nitrogens with zero attached hydrogens (tertiary/aromatic N) is 8. The van der Waals surface area contributed by atoms with Crippen molar-refractivity contribution >= 4 is 52.1 Å². The van der Waals surface area contributed by atoms with E-state index in [1.54, 1.807) is 12.3 Å². The first-order chi connectivity index (χ1) is 35.5. The van der Waals surface area contributed by atoms with Crippen LogP contribution in [-0.4, -0.2) is 127 Å². The molecule has 2 N–H and O–H groups in total. The molecule has 1 spiro atoms. The zero-order valence-electron chi connectivity index (χ0n) is 42.7. The molecule has 4 aromatic rings. The van der Waals surface area contributed by atoms with E-state index in [1.165, 1.54) is 19.3 Å². The molecule has 3 saturated carbocycles. The van der Waals surface area contributed by atoms with E-state index in [4.69, 9.17) is 14.7 Å². The van der Waals surface area contributed by atoms with E-state index in [1.807, 2.05) is 22.2 Å². The number of imidazole rings is 1. The molecule has 0 bridgehead atoms. The number of imide groups is 1. The van der Waals surface area contributed by atoms with Crippen molar-refractivity contribution in [2.24, 2.45) is 11.8 Å². The number of hydrogen-bond acceptors (Lipinski definition) is 11. The third-order valence-corrected chi connectivity index (χ3v) is 18.2. The third kappa shape index (κ3) is 9.39. The maximum absolute atomic E-state index is 15.2. The van der Waals surface area contributed by atoms with Crippen LogP contribution in [0.4, 0.5) is 11.5 Å². The van der Waals surface area contributed by atoms with Crippen molar-refractivity contribution in [1.82, 2.24) is 39.5 Å². The highest BCUT2D eigenvalue weighted by atomic mass is 16.5. The number of fused-ring (bicyclic) bond motifs is 3. The number of rotatable bonds is 12. The lowest BCUT2D eigenvalue weighted by molar-refractivity contribution is -0.140. The second-order valence-electron chi connectivity index (χ2n) is 23.1. The molecule has 16 heteroatoms. The number of aromatic nitrogens is 4. The average molecular weight is 993 g/mol. The Balaban J connectivity index is 0.663. The van der Waals surface area contributed by atoms with E-state index in [-0.39, 0.29) is 65.5 Å². The van der Waals surface area contributed by atoms with Gasteiger partial charge in [-0.1, -0.05) is 24.6 Å². The van der Waals surface area contributed by atoms with E-state index in [9.17, 15) is 19.2 Å². The Morgan fingerprint density at radius 1 is 0.822 bits per heavy atom. The minimum absolute atomic E-state index is 0.0269. The molecule has 0 radical (unpaired) electrons. The number of nitrogens with one attached hydrogen (secondary N) is 2. The standard InChI is InChI=1S/C57H72N10O6/c1-35(2)66-34-59-47-32-46(61-53(52(47)66)60-40-10-11-40)38-8-15-45-48(29-38)67(42-30-41(31-42)63-22-4-3-5-23-63)56(72)57(45)20-26-64(27-21-57)51(69)28-36-18-24-65(25-19-36)55(71)37-6-12-43(13-7-37)73-50-17-9-39(33-58-50)44-14-16-49(68)62-54(44)70/h8-9,15,17,29,32-37,40-44H,3-7,10-14,16,18-28,30-31H2,1-2H3,(H,60,61)(H,62,68,70). The van der Waals surface area contributed by atoms with Gasteiger partial charge in [0.2, 0.25) is 35.4 Å². The van der Waals surface area contributed by atoms with Gasteiger partial charge in [0, 0.05) is 92.6 Å². The second kappa shape index (κ2) is 19.7. The lowest BCUT2D eigenvalue weighted by atomic mass is 9.73. The first kappa shape index (κ1) is 48.1. The number of hydrogen-bond donors (Lipinski definition) is 2. The smallest absolute Gasteiger partial charge is 0.238 e. The van der Waals surface area contributed by atoms with Crippen LogP contribution in [0.3, 0.4) is 0 Å². The van der Waals surface area contributed by atoms with Gasteiger partial charge in [0.05, 0.1) is 28.9 Å². The van der Waals surface area contributed by atoms with Gasteiger partial charge in [-0.25, -0.2) is 15.0 Å². The zero-order valence-corrected chi connectivity index (χ0v) is 42.7. The summed E-state index contributed by atoms with van der Waals surface area (Å²) >= 11 is 0. The van der Waals surface area contributed by atoms with E-state index < -0.39 is 5.41 Å². The van der Waals surface area contributed by atoms with Gasteiger partial charge < -0.3 is 34.2 Å². The van der Waals surface area contributed by atoms with Gasteiger partial charge in [0.15, 0.2) is 5.82 Å². The maximum atomic E-state index is 15.2. The Kier molecular flexibility index (Phi) is 13.0. The minimum Gasteiger partial charge on any atom is -0.474 e. The molecule has 12 rings (SSSR count). The van der Waals surface area contributed by atoms with Gasteiger partial charge in [-0.15, -0.1) is 0 Å². The number of amides is 5. The molecule has 386 valence electrons. The monoisotopic (exact) mass is 993 g/mol. The van der Waals surface area contributed by atoms with E-state index >= 15 is 4.79 Å². The maximum Gasteiger partial charge on any atom is 0.238 e. The number of carbonyl (C=O) groups excluding carboxylic acids is 5. The molecule has 1 atom stereocenters. The summed E-state index contributed by atoms with van der Waals surface area (Å²) in [6.45, 7) is 9.11. The number of carbonyl (C=O) groups is 5. The van der Waals surface area contributed by atoms with Crippen molar-refractivity contribution in [3.8, 4) is 17.1 Å². The van der Waals surface area contributed by atoms with Crippen molar-refractivity contribution in [2.75, 3.05) is 49.5 Å². The van der Waals surface area contributed by atoms with E-state index in [0.29, 0.717) is 76.2 Å². The SMILES string of the molecule is CC(C)n1cnc2cc(-c3ccc4c(c3)N(C3CC(N5CCCCC5)C3)C(=O)C43CCN(C(=O)CC4CCN(C(=O)C5CCC(Oc6ccc(C7CCC(=O)NC7=O)cn6)CC5)CC4)CC3)nc(NC3CC3)c21. The molecule has 3 aromatic heterocycles. The molecule has 8 heterocycles. The first-order valence-electron chi connectivity index (χ1n) is 27.9. The van der Waals surface area contributed by atoms with Crippen LogP contribution in [0.25, 0.3) is 22.3 Å². The van der Waals surface area contributed by atoms with Crippen LogP contribution >= 0.6 is 0 Å². The van der Waals surface area contributed by atoms with Crippen molar-refractivity contribution in [3.63, 3.8) is 0 Å². The molecule has 1 aromatic carbocycles. The van der Waals surface area contributed by atoms with Crippen molar-refractivity contribution in [1.29, 1.82) is 0 Å². The molecule has 73 heavy (non-hydrogen) atoms. The average Bonchev–Trinajstić information content (AvgIpc) is 4.06. The van der Waals surface area contributed by atoms with Crippen LogP contribution in [0, 0.1) is 11.8 Å². The fraction of sp³-hybridized carbons (Fsp3) is 0.614. The topological polar surface area (TPSA) is 175 Å². The molecular weight excluding hydrogens is 921 g/mol. The summed E-state index contributed by atoms with van der Waals surface area (Å²) < 4.78 is 8.40. The second-order valence-corrected chi connectivity index (χ2v) is 23.1. The number of likely N-dealkylation sites (tertiary alicyclic amines) is 3. The number of benzene rings is 1. The van der Waals surface area contributed by atoms with Crippen LogP contribution in [0.15, 0.2) is 48.9 Å². The normalized spacial score (nSPS) is 26.8. The zero-order chi connectivity index (χ0) is 50.0.